The Balaban J connectivity index is 2.49. The number of carbonyl (C=O) groups excluding carboxylic acids is 1. The van der Waals surface area contributed by atoms with E-state index < -0.39 is 6.10 Å². The summed E-state index contributed by atoms with van der Waals surface area (Å²) in [5, 5.41) is 13.0. The van der Waals surface area contributed by atoms with E-state index in [2.05, 4.69) is 5.32 Å². The predicted octanol–water partition coefficient (Wildman–Crippen LogP) is 2.07. The third-order valence-electron chi connectivity index (χ3n) is 2.04. The number of nitrogens with one attached hydrogen (secondary N) is 1. The number of amides is 1. The summed E-state index contributed by atoms with van der Waals surface area (Å²) in [5.41, 5.74) is 0.727. The second-order valence-electron chi connectivity index (χ2n) is 3.31. The standard InChI is InChI=1S/C12H14ClNO2/c1-2-3-12(16)14-8-11(15)9-4-6-10(13)7-5-9/h2-7,11,15H,8H2,1H3,(H,14,16)/b3-2+. The molecular weight excluding hydrogens is 226 g/mol. The number of hydrogen-bond acceptors (Lipinski definition) is 2. The Morgan fingerprint density at radius 1 is 1.50 bits per heavy atom. The van der Waals surface area contributed by atoms with Gasteiger partial charge < -0.3 is 10.4 Å². The second kappa shape index (κ2) is 6.30. The van der Waals surface area contributed by atoms with Crippen LogP contribution in [0.4, 0.5) is 0 Å². The van der Waals surface area contributed by atoms with Crippen LogP contribution in [0.15, 0.2) is 36.4 Å². The summed E-state index contributed by atoms with van der Waals surface area (Å²) >= 11 is 5.72. The molecule has 1 aromatic carbocycles. The zero-order valence-corrected chi connectivity index (χ0v) is 9.74. The van der Waals surface area contributed by atoms with E-state index in [9.17, 15) is 9.90 Å². The van der Waals surface area contributed by atoms with Crippen LogP contribution in [0.1, 0.15) is 18.6 Å². The molecule has 0 saturated carbocycles. The third kappa shape index (κ3) is 4.04. The lowest BCUT2D eigenvalue weighted by Gasteiger charge is -2.11. The summed E-state index contributed by atoms with van der Waals surface area (Å²) in [6.45, 7) is 1.94. The Hall–Kier alpha value is -1.32. The first kappa shape index (κ1) is 12.7. The van der Waals surface area contributed by atoms with Crippen LogP contribution in [0.25, 0.3) is 0 Å². The fourth-order valence-electron chi connectivity index (χ4n) is 1.21. The van der Waals surface area contributed by atoms with Crippen LogP contribution < -0.4 is 5.32 Å². The Bertz CT molecular complexity index is 373. The van der Waals surface area contributed by atoms with E-state index in [1.54, 1.807) is 37.3 Å². The van der Waals surface area contributed by atoms with Gasteiger partial charge in [0.15, 0.2) is 0 Å². The Morgan fingerprint density at radius 3 is 2.69 bits per heavy atom. The van der Waals surface area contributed by atoms with Crippen LogP contribution in [0.3, 0.4) is 0 Å². The first-order chi connectivity index (χ1) is 7.63. The molecular formula is C12H14ClNO2. The number of benzene rings is 1. The molecule has 0 aliphatic rings. The summed E-state index contributed by atoms with van der Waals surface area (Å²) < 4.78 is 0. The van der Waals surface area contributed by atoms with E-state index in [1.807, 2.05) is 0 Å². The predicted molar refractivity (Wildman–Crippen MR) is 64.2 cm³/mol. The summed E-state index contributed by atoms with van der Waals surface area (Å²) in [5.74, 6) is -0.212. The second-order valence-corrected chi connectivity index (χ2v) is 3.75. The van der Waals surface area contributed by atoms with E-state index in [4.69, 9.17) is 11.6 Å². The fourth-order valence-corrected chi connectivity index (χ4v) is 1.34. The number of aliphatic hydroxyl groups is 1. The maximum Gasteiger partial charge on any atom is 0.243 e. The zero-order chi connectivity index (χ0) is 12.0. The molecule has 3 nitrogen and oxygen atoms in total. The van der Waals surface area contributed by atoms with Crippen molar-refractivity contribution in [1.82, 2.24) is 5.32 Å². The molecule has 0 aliphatic heterocycles. The molecule has 0 spiro atoms. The molecule has 0 aliphatic carbocycles. The molecule has 1 rings (SSSR count). The van der Waals surface area contributed by atoms with Gasteiger partial charge in [0.2, 0.25) is 5.91 Å². The molecule has 0 fully saturated rings. The van der Waals surface area contributed by atoms with E-state index in [1.165, 1.54) is 6.08 Å². The number of hydrogen-bond donors (Lipinski definition) is 2. The Labute approximate surface area is 99.7 Å². The summed E-state index contributed by atoms with van der Waals surface area (Å²) in [6.07, 6.45) is 2.34. The molecule has 86 valence electrons. The molecule has 1 unspecified atom stereocenters. The van der Waals surface area contributed by atoms with Gasteiger partial charge in [-0.2, -0.15) is 0 Å². The summed E-state index contributed by atoms with van der Waals surface area (Å²) in [6, 6.07) is 6.87. The lowest BCUT2D eigenvalue weighted by Crippen LogP contribution is -2.26. The van der Waals surface area contributed by atoms with Crippen molar-refractivity contribution in [2.45, 2.75) is 13.0 Å². The van der Waals surface area contributed by atoms with Gasteiger partial charge in [0.25, 0.3) is 0 Å². The number of allylic oxidation sites excluding steroid dienone is 1. The van der Waals surface area contributed by atoms with Crippen LogP contribution in [-0.4, -0.2) is 17.6 Å². The quantitative estimate of drug-likeness (QED) is 0.791. The number of aliphatic hydroxyl groups excluding tert-OH is 1. The van der Waals surface area contributed by atoms with E-state index >= 15 is 0 Å². The van der Waals surface area contributed by atoms with Crippen LogP contribution in [-0.2, 0) is 4.79 Å². The van der Waals surface area contributed by atoms with Gasteiger partial charge in [-0.05, 0) is 30.7 Å². The molecule has 0 radical (unpaired) electrons. The van der Waals surface area contributed by atoms with Gasteiger partial charge in [0.05, 0.1) is 6.10 Å². The van der Waals surface area contributed by atoms with Crippen molar-refractivity contribution in [2.75, 3.05) is 6.54 Å². The van der Waals surface area contributed by atoms with Gasteiger partial charge in [-0.25, -0.2) is 0 Å². The number of rotatable bonds is 4. The van der Waals surface area contributed by atoms with Gasteiger partial charge in [-0.3, -0.25) is 4.79 Å². The van der Waals surface area contributed by atoms with Crippen molar-refractivity contribution in [3.63, 3.8) is 0 Å². The minimum Gasteiger partial charge on any atom is -0.387 e. The highest BCUT2D eigenvalue weighted by Gasteiger charge is 2.07. The minimum atomic E-state index is -0.716. The summed E-state index contributed by atoms with van der Waals surface area (Å²) in [4.78, 5) is 11.1. The van der Waals surface area contributed by atoms with Gasteiger partial charge >= 0.3 is 0 Å². The Morgan fingerprint density at radius 2 is 2.12 bits per heavy atom. The SMILES string of the molecule is C/C=C/C(=O)NCC(O)c1ccc(Cl)cc1. The van der Waals surface area contributed by atoms with Crippen LogP contribution >= 0.6 is 11.6 Å². The molecule has 1 atom stereocenters. The average Bonchev–Trinajstić information content (AvgIpc) is 2.27. The highest BCUT2D eigenvalue weighted by molar-refractivity contribution is 6.30. The van der Waals surface area contributed by atoms with Crippen LogP contribution in [0.5, 0.6) is 0 Å². The molecule has 4 heteroatoms. The zero-order valence-electron chi connectivity index (χ0n) is 8.98. The highest BCUT2D eigenvalue weighted by atomic mass is 35.5. The molecule has 2 N–H and O–H groups in total. The minimum absolute atomic E-state index is 0.185. The molecule has 0 bridgehead atoms. The molecule has 0 aromatic heterocycles. The molecule has 1 aromatic rings. The summed E-state index contributed by atoms with van der Waals surface area (Å²) in [7, 11) is 0. The lowest BCUT2D eigenvalue weighted by molar-refractivity contribution is -0.116. The van der Waals surface area contributed by atoms with Gasteiger partial charge in [-0.15, -0.1) is 0 Å². The molecule has 1 amide bonds. The van der Waals surface area contributed by atoms with Crippen molar-refractivity contribution >= 4 is 17.5 Å². The largest absolute Gasteiger partial charge is 0.387 e. The highest BCUT2D eigenvalue weighted by Crippen LogP contribution is 2.15. The normalized spacial score (nSPS) is 12.7. The van der Waals surface area contributed by atoms with E-state index in [0.717, 1.165) is 5.56 Å². The first-order valence-corrected chi connectivity index (χ1v) is 5.35. The smallest absolute Gasteiger partial charge is 0.243 e. The van der Waals surface area contributed by atoms with Gasteiger partial charge in [0.1, 0.15) is 0 Å². The molecule has 16 heavy (non-hydrogen) atoms. The number of carbonyl (C=O) groups is 1. The lowest BCUT2D eigenvalue weighted by atomic mass is 10.1. The van der Waals surface area contributed by atoms with Crippen molar-refractivity contribution in [3.8, 4) is 0 Å². The maximum atomic E-state index is 11.1. The Kier molecular flexibility index (Phi) is 5.02. The number of halogens is 1. The monoisotopic (exact) mass is 239 g/mol. The van der Waals surface area contributed by atoms with Crippen LogP contribution in [0, 0.1) is 0 Å². The van der Waals surface area contributed by atoms with Crippen molar-refractivity contribution in [3.05, 3.63) is 47.0 Å². The van der Waals surface area contributed by atoms with E-state index in [-0.39, 0.29) is 12.5 Å². The van der Waals surface area contributed by atoms with Gasteiger partial charge in [0, 0.05) is 11.6 Å². The first-order valence-electron chi connectivity index (χ1n) is 4.97. The van der Waals surface area contributed by atoms with Crippen molar-refractivity contribution in [2.24, 2.45) is 0 Å². The van der Waals surface area contributed by atoms with Crippen LogP contribution in [0.2, 0.25) is 5.02 Å². The molecule has 0 saturated heterocycles. The van der Waals surface area contributed by atoms with Crippen molar-refractivity contribution in [1.29, 1.82) is 0 Å². The maximum absolute atomic E-state index is 11.1. The average molecular weight is 240 g/mol. The van der Waals surface area contributed by atoms with Gasteiger partial charge in [-0.1, -0.05) is 29.8 Å². The van der Waals surface area contributed by atoms with E-state index in [0.29, 0.717) is 5.02 Å². The third-order valence-corrected chi connectivity index (χ3v) is 2.29. The fraction of sp³-hybridized carbons (Fsp3) is 0.250. The van der Waals surface area contributed by atoms with Crippen molar-refractivity contribution < 1.29 is 9.90 Å². The molecule has 0 heterocycles. The topological polar surface area (TPSA) is 49.3 Å².